The van der Waals surface area contributed by atoms with Crippen LogP contribution in [-0.2, 0) is 20.6 Å². The minimum absolute atomic E-state index is 0.438. The van der Waals surface area contributed by atoms with Crippen LogP contribution in [0.5, 0.6) is 0 Å². The minimum atomic E-state index is -0.846. The number of carboxylic acid groups (broad SMARTS) is 1. The van der Waals surface area contributed by atoms with Crippen LogP contribution < -0.4 is 5.46 Å². The Labute approximate surface area is 208 Å². The zero-order chi connectivity index (χ0) is 24.4. The van der Waals surface area contributed by atoms with E-state index in [0.29, 0.717) is 11.6 Å². The Morgan fingerprint density at radius 2 is 1.82 bits per heavy atom. The van der Waals surface area contributed by atoms with Crippen molar-refractivity contribution in [3.8, 4) is 0 Å². The van der Waals surface area contributed by atoms with Crippen LogP contribution in [0.1, 0.15) is 51.7 Å². The van der Waals surface area contributed by atoms with Crippen molar-refractivity contribution in [1.82, 2.24) is 4.57 Å². The number of aromatic nitrogens is 1. The Kier molecular flexibility index (Phi) is 5.60. The highest BCUT2D eigenvalue weighted by Crippen LogP contribution is 2.37. The molecule has 1 atom stereocenters. The molecule has 1 aliphatic heterocycles. The Hall–Kier alpha value is -2.32. The summed E-state index contributed by atoms with van der Waals surface area (Å²) in [5.74, 6) is -1.47. The van der Waals surface area contributed by atoms with Crippen LogP contribution in [-0.4, -0.2) is 34.0 Å². The number of aliphatic carboxylic acids is 1. The second-order valence-electron chi connectivity index (χ2n) is 10.0. The molecule has 1 unspecified atom stereocenters. The highest BCUT2D eigenvalue weighted by Gasteiger charge is 2.51. The molecule has 1 fully saturated rings. The van der Waals surface area contributed by atoms with Gasteiger partial charge in [0.1, 0.15) is 0 Å². The van der Waals surface area contributed by atoms with Gasteiger partial charge in [0, 0.05) is 33.4 Å². The van der Waals surface area contributed by atoms with Gasteiger partial charge in [-0.3, -0.25) is 4.79 Å². The van der Waals surface area contributed by atoms with E-state index in [2.05, 4.69) is 16.0 Å². The van der Waals surface area contributed by atoms with Crippen LogP contribution in [0.15, 0.2) is 48.0 Å². The number of carboxylic acids is 1. The molecule has 2 aromatic carbocycles. The summed E-state index contributed by atoms with van der Waals surface area (Å²) < 4.78 is 15.8. The number of carbonyl (C=O) groups is 1. The van der Waals surface area contributed by atoms with E-state index in [1.165, 1.54) is 4.70 Å². The van der Waals surface area contributed by atoms with Crippen molar-refractivity contribution < 1.29 is 19.2 Å². The summed E-state index contributed by atoms with van der Waals surface area (Å²) in [6.45, 7) is 10.5. The quantitative estimate of drug-likeness (QED) is 0.343. The molecule has 0 amide bonds. The third-order valence-electron chi connectivity index (χ3n) is 7.26. The SMILES string of the molecule is CC(C(=O)O)c1cn(Cc2csc3ccc(Cl)cc23)c2cc(B3OC(C)(C)C(C)(C)O3)ccc12. The van der Waals surface area contributed by atoms with Crippen LogP contribution >= 0.6 is 22.9 Å². The smallest absolute Gasteiger partial charge is 0.481 e. The molecular weight excluding hydrogens is 469 g/mol. The summed E-state index contributed by atoms with van der Waals surface area (Å²) >= 11 is 7.95. The summed E-state index contributed by atoms with van der Waals surface area (Å²) in [7, 11) is -0.487. The molecule has 8 heteroatoms. The van der Waals surface area contributed by atoms with Gasteiger partial charge in [0.15, 0.2) is 0 Å². The van der Waals surface area contributed by atoms with Crippen LogP contribution in [0, 0.1) is 0 Å². The fraction of sp³-hybridized carbons (Fsp3) is 0.346. The van der Waals surface area contributed by atoms with Crippen molar-refractivity contribution in [3.05, 3.63) is 64.1 Å². The Bertz CT molecular complexity index is 1410. The van der Waals surface area contributed by atoms with E-state index in [-0.39, 0.29) is 0 Å². The number of halogens is 1. The molecule has 3 heterocycles. The van der Waals surface area contributed by atoms with Crippen molar-refractivity contribution >= 4 is 62.5 Å². The molecule has 5 nitrogen and oxygen atoms in total. The third kappa shape index (κ3) is 3.85. The number of rotatable bonds is 5. The molecule has 1 aliphatic rings. The molecule has 0 aliphatic carbocycles. The average Bonchev–Trinajstić information content (AvgIpc) is 3.39. The fourth-order valence-electron chi connectivity index (χ4n) is 4.43. The van der Waals surface area contributed by atoms with E-state index in [1.807, 2.05) is 64.2 Å². The molecule has 0 saturated carbocycles. The van der Waals surface area contributed by atoms with E-state index in [0.717, 1.165) is 32.9 Å². The Morgan fingerprint density at radius 3 is 2.50 bits per heavy atom. The third-order valence-corrected chi connectivity index (χ3v) is 8.50. The van der Waals surface area contributed by atoms with E-state index in [9.17, 15) is 9.90 Å². The number of hydrogen-bond acceptors (Lipinski definition) is 4. The average molecular weight is 496 g/mol. The van der Waals surface area contributed by atoms with Crippen LogP contribution in [0.25, 0.3) is 21.0 Å². The summed E-state index contributed by atoms with van der Waals surface area (Å²) in [6.07, 6.45) is 1.96. The molecule has 0 radical (unpaired) electrons. The van der Waals surface area contributed by atoms with Crippen molar-refractivity contribution in [2.45, 2.75) is 58.3 Å². The Balaban J connectivity index is 1.62. The number of thiophene rings is 1. The largest absolute Gasteiger partial charge is 0.494 e. The minimum Gasteiger partial charge on any atom is -0.481 e. The predicted octanol–water partition coefficient (Wildman–Crippen LogP) is 6.05. The highest BCUT2D eigenvalue weighted by atomic mass is 35.5. The molecular formula is C26H27BClNO4S. The first kappa shape index (κ1) is 23.4. The van der Waals surface area contributed by atoms with Gasteiger partial charge in [-0.1, -0.05) is 23.7 Å². The molecule has 1 N–H and O–H groups in total. The zero-order valence-electron chi connectivity index (χ0n) is 19.9. The molecule has 0 bridgehead atoms. The van der Waals surface area contributed by atoms with Crippen molar-refractivity contribution in [1.29, 1.82) is 0 Å². The standard InChI is InChI=1S/C26H27BClNO4S/c1-15(24(30)31)21-13-29(12-16-14-34-23-9-7-18(28)11-20(16)23)22-10-17(6-8-19(21)22)27-32-25(2,3)26(4,5)33-27/h6-11,13-15H,12H2,1-5H3,(H,30,31). The monoisotopic (exact) mass is 495 g/mol. The second kappa shape index (κ2) is 8.13. The molecule has 0 spiro atoms. The van der Waals surface area contributed by atoms with Gasteiger partial charge in [-0.25, -0.2) is 0 Å². The summed E-state index contributed by atoms with van der Waals surface area (Å²) in [5, 5.41) is 14.6. The fourth-order valence-corrected chi connectivity index (χ4v) is 5.54. The zero-order valence-corrected chi connectivity index (χ0v) is 21.5. The van der Waals surface area contributed by atoms with Gasteiger partial charge in [0.2, 0.25) is 0 Å². The van der Waals surface area contributed by atoms with Crippen molar-refractivity contribution in [3.63, 3.8) is 0 Å². The topological polar surface area (TPSA) is 60.7 Å². The van der Waals surface area contributed by atoms with Crippen molar-refractivity contribution in [2.24, 2.45) is 0 Å². The lowest BCUT2D eigenvalue weighted by molar-refractivity contribution is -0.138. The number of hydrogen-bond donors (Lipinski definition) is 1. The summed E-state index contributed by atoms with van der Waals surface area (Å²) in [6, 6.07) is 12.0. The summed E-state index contributed by atoms with van der Waals surface area (Å²) in [5.41, 5.74) is 2.93. The number of fused-ring (bicyclic) bond motifs is 2. The maximum Gasteiger partial charge on any atom is 0.494 e. The van der Waals surface area contributed by atoms with Crippen LogP contribution in [0.3, 0.4) is 0 Å². The first-order chi connectivity index (χ1) is 16.0. The van der Waals surface area contributed by atoms with Crippen LogP contribution in [0.2, 0.25) is 5.02 Å². The van der Waals surface area contributed by atoms with E-state index in [4.69, 9.17) is 20.9 Å². The van der Waals surface area contributed by atoms with Gasteiger partial charge in [-0.05, 0) is 86.2 Å². The lowest BCUT2D eigenvalue weighted by Crippen LogP contribution is -2.41. The van der Waals surface area contributed by atoms with E-state index >= 15 is 0 Å². The lowest BCUT2D eigenvalue weighted by Gasteiger charge is -2.32. The normalized spacial score (nSPS) is 18.1. The molecule has 176 valence electrons. The molecule has 2 aromatic heterocycles. The number of nitrogens with zero attached hydrogens (tertiary/aromatic N) is 1. The second-order valence-corrected chi connectivity index (χ2v) is 11.4. The number of benzene rings is 2. The van der Waals surface area contributed by atoms with Gasteiger partial charge >= 0.3 is 13.1 Å². The molecule has 1 saturated heterocycles. The van der Waals surface area contributed by atoms with E-state index in [1.54, 1.807) is 18.3 Å². The molecule has 4 aromatic rings. The van der Waals surface area contributed by atoms with E-state index < -0.39 is 30.2 Å². The van der Waals surface area contributed by atoms with Gasteiger partial charge in [0.25, 0.3) is 0 Å². The summed E-state index contributed by atoms with van der Waals surface area (Å²) in [4.78, 5) is 11.8. The maximum absolute atomic E-state index is 11.8. The maximum atomic E-state index is 11.8. The van der Waals surface area contributed by atoms with Crippen LogP contribution in [0.4, 0.5) is 0 Å². The first-order valence-corrected chi connectivity index (χ1v) is 12.6. The molecule has 34 heavy (non-hydrogen) atoms. The van der Waals surface area contributed by atoms with Gasteiger partial charge in [0.05, 0.1) is 17.1 Å². The lowest BCUT2D eigenvalue weighted by atomic mass is 9.78. The molecule has 5 rings (SSSR count). The predicted molar refractivity (Wildman–Crippen MR) is 140 cm³/mol. The first-order valence-electron chi connectivity index (χ1n) is 11.3. The van der Waals surface area contributed by atoms with Gasteiger partial charge < -0.3 is 19.0 Å². The Morgan fingerprint density at radius 1 is 1.12 bits per heavy atom. The highest BCUT2D eigenvalue weighted by molar-refractivity contribution is 7.17. The van der Waals surface area contributed by atoms with Crippen molar-refractivity contribution in [2.75, 3.05) is 0 Å². The van der Waals surface area contributed by atoms with Gasteiger partial charge in [-0.2, -0.15) is 0 Å². The van der Waals surface area contributed by atoms with Gasteiger partial charge in [-0.15, -0.1) is 11.3 Å².